The van der Waals surface area contributed by atoms with Crippen molar-refractivity contribution in [1.82, 2.24) is 40.8 Å². The fourth-order valence-corrected chi connectivity index (χ4v) is 19.7. The maximum atomic E-state index is 7.12. The van der Waals surface area contributed by atoms with Gasteiger partial charge in [-0.05, 0) is 74.9 Å². The molecule has 0 aliphatic rings. The summed E-state index contributed by atoms with van der Waals surface area (Å²) in [7, 11) is 0. The van der Waals surface area contributed by atoms with E-state index in [1.54, 1.807) is 0 Å². The molecule has 7 aromatic rings. The second kappa shape index (κ2) is 85.3. The van der Waals surface area contributed by atoms with Crippen LogP contribution in [0.3, 0.4) is 0 Å². The lowest BCUT2D eigenvalue weighted by Gasteiger charge is -2.16. The first-order chi connectivity index (χ1) is 69.5. The van der Waals surface area contributed by atoms with Crippen LogP contribution < -0.4 is 28.4 Å². The largest absolute Gasteiger partial charge is 0.493 e. The Balaban J connectivity index is 1.21. The van der Waals surface area contributed by atoms with Gasteiger partial charge in [-0.3, -0.25) is 0 Å². The third-order valence-corrected chi connectivity index (χ3v) is 28.7. The zero-order chi connectivity index (χ0) is 98.4. The van der Waals surface area contributed by atoms with Crippen LogP contribution in [-0.4, -0.2) is 80.4 Å². The van der Waals surface area contributed by atoms with E-state index < -0.39 is 0 Å². The predicted molar refractivity (Wildman–Crippen MR) is 585 cm³/mol. The van der Waals surface area contributed by atoms with Crippen LogP contribution in [0, 0.1) is 0 Å². The van der Waals surface area contributed by atoms with Crippen molar-refractivity contribution >= 4 is 0 Å². The molecular weight excluding hydrogens is 1740 g/mol. The van der Waals surface area contributed by atoms with Gasteiger partial charge in [0.15, 0.2) is 0 Å². The van der Waals surface area contributed by atoms with E-state index in [1.165, 1.54) is 462 Å². The second-order valence-electron chi connectivity index (χ2n) is 41.5. The Bertz CT molecular complexity index is 3690. The third-order valence-electron chi connectivity index (χ3n) is 28.7. The summed E-state index contributed by atoms with van der Waals surface area (Å²) in [6, 6.07) is 11.9. The molecule has 18 nitrogen and oxygen atoms in total. The van der Waals surface area contributed by atoms with Crippen molar-refractivity contribution in [1.29, 1.82) is 0 Å². The number of ether oxygens (including phenoxy) is 6. The topological polar surface area (TPSA) is 211 Å². The monoisotopic (exact) mass is 1940 g/mol. The zero-order valence-corrected chi connectivity index (χ0v) is 90.9. The Hall–Kier alpha value is -6.98. The number of rotatable bonds is 102. The summed E-state index contributed by atoms with van der Waals surface area (Å²) in [5.74, 6) is 5.15. The van der Waals surface area contributed by atoms with E-state index in [2.05, 4.69) is 61.9 Å². The number of nitrogens with zero attached hydrogens (tertiary/aromatic N) is 8. The molecule has 0 saturated carbocycles. The molecule has 0 unspecified atom stereocenters. The average Bonchev–Trinajstić information content (AvgIpc) is 1.53. The van der Waals surface area contributed by atoms with Crippen LogP contribution in [0.5, 0.6) is 34.5 Å². The van der Waals surface area contributed by atoms with E-state index in [9.17, 15) is 0 Å². The maximum absolute atomic E-state index is 7.12. The highest BCUT2D eigenvalue weighted by molar-refractivity contribution is 5.79. The van der Waals surface area contributed by atoms with Gasteiger partial charge in [0.2, 0.25) is 12.8 Å². The van der Waals surface area contributed by atoms with Gasteiger partial charge in [-0.1, -0.05) is 542 Å². The smallest absolute Gasteiger partial charge is 0.252 e. The van der Waals surface area contributed by atoms with Crippen LogP contribution in [0.4, 0.5) is 0 Å². The molecule has 18 heteroatoms. The molecule has 0 spiro atoms. The molecule has 4 aromatic heterocycles. The van der Waals surface area contributed by atoms with Crippen molar-refractivity contribution < 1.29 is 46.1 Å². The highest BCUT2D eigenvalue weighted by Gasteiger charge is 2.29. The molecule has 0 radical (unpaired) electrons. The lowest BCUT2D eigenvalue weighted by molar-refractivity contribution is 0.296. The molecule has 794 valence electrons. The van der Waals surface area contributed by atoms with E-state index in [-0.39, 0.29) is 23.6 Å². The fourth-order valence-electron chi connectivity index (χ4n) is 19.7. The minimum Gasteiger partial charge on any atom is -0.493 e. The number of hydrogen-bond acceptors (Lipinski definition) is 18. The van der Waals surface area contributed by atoms with Gasteiger partial charge in [0.1, 0.15) is 34.5 Å². The molecule has 0 N–H and O–H groups in total. The summed E-state index contributed by atoms with van der Waals surface area (Å²) >= 11 is 0. The van der Waals surface area contributed by atoms with Gasteiger partial charge < -0.3 is 46.1 Å². The van der Waals surface area contributed by atoms with Crippen molar-refractivity contribution in [2.75, 3.05) is 39.6 Å². The van der Waals surface area contributed by atoms with Crippen LogP contribution in [0.15, 0.2) is 66.9 Å². The van der Waals surface area contributed by atoms with E-state index in [0.717, 1.165) is 89.9 Å². The highest BCUT2D eigenvalue weighted by atomic mass is 16.5. The van der Waals surface area contributed by atoms with Crippen LogP contribution >= 0.6 is 0 Å². The van der Waals surface area contributed by atoms with E-state index in [1.807, 2.05) is 36.4 Å². The van der Waals surface area contributed by atoms with Gasteiger partial charge >= 0.3 is 0 Å². The molecular formula is C122H206N8O10. The molecule has 0 saturated heterocycles. The quantitative estimate of drug-likeness (QED) is 0.0324. The minimum atomic E-state index is 0.266. The van der Waals surface area contributed by atoms with E-state index >= 15 is 0 Å². The van der Waals surface area contributed by atoms with E-state index in [0.29, 0.717) is 119 Å². The van der Waals surface area contributed by atoms with Crippen molar-refractivity contribution in [2.45, 2.75) is 581 Å². The SMILES string of the molecule is CCCCCCCCCCCCCCCCOc1cc(-c2nnc(-c3cc(OCCCCCCCCCCCCCCCC)c(-c4nnc(-c5cc(OCCCCCCCCCCCCCCCC)c(-c6nnco6)cc5OCCCCCCCCCCCCCCCC)o4)cc3OCCCCCCCCCCCCCCCC)o2)c(OCCCCCCCCCCCCCCCC)cc1-c1nnco1. The first kappa shape index (κ1) is 120. The third kappa shape index (κ3) is 55.9. The molecule has 4 heterocycles. The lowest BCUT2D eigenvalue weighted by Crippen LogP contribution is -2.03. The molecule has 3 aromatic carbocycles. The van der Waals surface area contributed by atoms with Gasteiger partial charge in [-0.25, -0.2) is 0 Å². The molecule has 0 atom stereocenters. The number of benzene rings is 3. The standard InChI is InChI=1S/C122H206N8O10/c1-7-13-19-25-31-37-43-49-55-61-67-73-79-85-91-131-111-99-107(113(97-105(111)117-125-123-103-137-117)133-93-87-81-75-69-63-57-51-45-39-33-27-21-15-9-3)119-127-129-121(139-119)109-101-116(136-96-90-84-78-72-66-60-54-48-42-36-30-24-18-12-6)110(102-115(109)135-95-89-83-77-71-65-59-53-47-41-35-29-23-17-11-5)122-130-128-120(140-122)108-100-112(132-92-86-80-74-68-62-56-50-44-38-32-26-20-14-8-2)106(118-126-124-104-138-118)98-114(108)134-94-88-82-76-70-64-58-52-46-40-34-28-22-16-10-4/h97-104H,7-96H2,1-6H3. The normalized spacial score (nSPS) is 11.6. The van der Waals surface area contributed by atoms with Gasteiger partial charge in [0.05, 0.1) is 73.0 Å². The van der Waals surface area contributed by atoms with Crippen molar-refractivity contribution in [3.05, 3.63) is 49.2 Å². The Morgan fingerprint density at radius 2 is 0.271 bits per heavy atom. The first-order valence-corrected chi connectivity index (χ1v) is 60.0. The Morgan fingerprint density at radius 1 is 0.150 bits per heavy atom. The van der Waals surface area contributed by atoms with E-state index in [4.69, 9.17) is 66.5 Å². The van der Waals surface area contributed by atoms with Gasteiger partial charge in [-0.2, -0.15) is 0 Å². The zero-order valence-electron chi connectivity index (χ0n) is 90.9. The second-order valence-corrected chi connectivity index (χ2v) is 41.5. The Kier molecular flexibility index (Phi) is 73.1. The fraction of sp³-hybridized carbons (Fsp3) is 0.787. The van der Waals surface area contributed by atoms with Crippen molar-refractivity contribution in [3.63, 3.8) is 0 Å². The molecule has 0 amide bonds. The average molecular weight is 1950 g/mol. The summed E-state index contributed by atoms with van der Waals surface area (Å²) in [6.45, 7) is 16.7. The minimum absolute atomic E-state index is 0.266. The lowest BCUT2D eigenvalue weighted by atomic mass is 10.0. The van der Waals surface area contributed by atoms with Crippen LogP contribution in [0.2, 0.25) is 0 Å². The molecule has 0 aliphatic heterocycles. The Labute approximate surface area is 854 Å². The van der Waals surface area contributed by atoms with Crippen molar-refractivity contribution in [2.24, 2.45) is 0 Å². The first-order valence-electron chi connectivity index (χ1n) is 60.0. The summed E-state index contributed by atoms with van der Waals surface area (Å²) in [6.07, 6.45) is 110. The maximum Gasteiger partial charge on any atom is 0.252 e. The Morgan fingerprint density at radius 3 is 0.393 bits per heavy atom. The number of hydrogen-bond donors (Lipinski definition) is 0. The molecule has 0 bridgehead atoms. The molecule has 140 heavy (non-hydrogen) atoms. The van der Waals surface area contributed by atoms with Gasteiger partial charge in [0.25, 0.3) is 35.3 Å². The summed E-state index contributed by atoms with van der Waals surface area (Å²) in [4.78, 5) is 0. The van der Waals surface area contributed by atoms with Crippen LogP contribution in [-0.2, 0) is 0 Å². The van der Waals surface area contributed by atoms with Crippen LogP contribution in [0.25, 0.3) is 68.7 Å². The number of aromatic nitrogens is 8. The van der Waals surface area contributed by atoms with Crippen LogP contribution in [0.1, 0.15) is 581 Å². The molecule has 0 fully saturated rings. The van der Waals surface area contributed by atoms with Crippen molar-refractivity contribution in [3.8, 4) is 103 Å². The summed E-state index contributed by atoms with van der Waals surface area (Å²) in [5, 5.41) is 37.1. The highest BCUT2D eigenvalue weighted by Crippen LogP contribution is 2.47. The molecule has 0 aliphatic carbocycles. The predicted octanol–water partition coefficient (Wildman–Crippen LogP) is 40.4. The summed E-state index contributed by atoms with van der Waals surface area (Å²) < 4.78 is 68.0. The summed E-state index contributed by atoms with van der Waals surface area (Å²) in [5.41, 5.74) is 3.71. The number of unbranched alkanes of at least 4 members (excludes halogenated alkanes) is 78. The molecule has 7 rings (SSSR count). The van der Waals surface area contributed by atoms with Gasteiger partial charge in [-0.15, -0.1) is 40.8 Å². The van der Waals surface area contributed by atoms with Gasteiger partial charge in [0, 0.05) is 0 Å².